The Bertz CT molecular complexity index is 412. The number of nitrogens with one attached hydrogen (secondary N) is 1. The van der Waals surface area contributed by atoms with E-state index in [4.69, 9.17) is 0 Å². The summed E-state index contributed by atoms with van der Waals surface area (Å²) in [6.45, 7) is 0. The number of aromatic nitrogens is 3. The maximum absolute atomic E-state index is 10.8. The fourth-order valence-corrected chi connectivity index (χ4v) is 1.46. The number of aromatic amines is 1. The molecule has 0 unspecified atom stereocenters. The number of H-pyrrole nitrogens is 1. The van der Waals surface area contributed by atoms with Gasteiger partial charge in [0.25, 0.3) is 0 Å². The average molecular weight is 177 g/mol. The van der Waals surface area contributed by atoms with Crippen LogP contribution in [0.4, 0.5) is 0 Å². The van der Waals surface area contributed by atoms with Gasteiger partial charge in [-0.05, 0) is 0 Å². The molecule has 0 aliphatic heterocycles. The van der Waals surface area contributed by atoms with Crippen LogP contribution in [-0.2, 0) is 16.9 Å². The Morgan fingerprint density at radius 1 is 1.55 bits per heavy atom. The van der Waals surface area contributed by atoms with Crippen LogP contribution in [0.5, 0.6) is 0 Å². The lowest BCUT2D eigenvalue weighted by Crippen LogP contribution is -2.16. The second-order valence-corrected chi connectivity index (χ2v) is 4.05. The van der Waals surface area contributed by atoms with E-state index in [-0.39, 0.29) is 5.16 Å². The third kappa shape index (κ3) is 1.32. The molecule has 7 heteroatoms. The summed E-state index contributed by atoms with van der Waals surface area (Å²) >= 11 is 0. The molecule has 0 spiro atoms. The highest BCUT2D eigenvalue weighted by Crippen LogP contribution is 1.97. The van der Waals surface area contributed by atoms with E-state index in [1.54, 1.807) is 0 Å². The SMILES string of the molecule is Cn1c(S(C)(=O)=O)n[nH]c1=O. The first-order valence-electron chi connectivity index (χ1n) is 2.74. The van der Waals surface area contributed by atoms with E-state index in [0.717, 1.165) is 10.8 Å². The van der Waals surface area contributed by atoms with Crippen molar-refractivity contribution >= 4 is 9.84 Å². The Kier molecular flexibility index (Phi) is 1.59. The summed E-state index contributed by atoms with van der Waals surface area (Å²) in [5, 5.41) is 5.10. The highest BCUT2D eigenvalue weighted by atomic mass is 32.2. The van der Waals surface area contributed by atoms with E-state index in [9.17, 15) is 13.2 Å². The van der Waals surface area contributed by atoms with Crippen LogP contribution < -0.4 is 5.69 Å². The molecule has 0 saturated heterocycles. The van der Waals surface area contributed by atoms with Gasteiger partial charge in [0.15, 0.2) is 0 Å². The first-order chi connectivity index (χ1) is 4.93. The van der Waals surface area contributed by atoms with Crippen molar-refractivity contribution in [3.63, 3.8) is 0 Å². The van der Waals surface area contributed by atoms with Crippen molar-refractivity contribution in [1.29, 1.82) is 0 Å². The van der Waals surface area contributed by atoms with Crippen molar-refractivity contribution in [3.05, 3.63) is 10.5 Å². The predicted molar refractivity (Wildman–Crippen MR) is 36.9 cm³/mol. The van der Waals surface area contributed by atoms with Crippen LogP contribution in [0.2, 0.25) is 0 Å². The van der Waals surface area contributed by atoms with Gasteiger partial charge < -0.3 is 0 Å². The molecule has 0 aromatic carbocycles. The van der Waals surface area contributed by atoms with Gasteiger partial charge in [-0.2, -0.15) is 0 Å². The fraction of sp³-hybridized carbons (Fsp3) is 0.500. The summed E-state index contributed by atoms with van der Waals surface area (Å²) in [7, 11) is -2.06. The number of hydrogen-bond donors (Lipinski definition) is 1. The molecule has 1 aromatic heterocycles. The highest BCUT2D eigenvalue weighted by molar-refractivity contribution is 7.90. The molecule has 62 valence electrons. The molecule has 0 amide bonds. The monoisotopic (exact) mass is 177 g/mol. The first-order valence-corrected chi connectivity index (χ1v) is 4.63. The molecule has 1 aromatic rings. The van der Waals surface area contributed by atoms with E-state index in [0.29, 0.717) is 0 Å². The molecule has 0 aliphatic carbocycles. The van der Waals surface area contributed by atoms with Crippen LogP contribution in [0.15, 0.2) is 9.95 Å². The minimum absolute atomic E-state index is 0.248. The molecule has 6 nitrogen and oxygen atoms in total. The van der Waals surface area contributed by atoms with Gasteiger partial charge in [-0.1, -0.05) is 0 Å². The molecular weight excluding hydrogens is 170 g/mol. The zero-order valence-corrected chi connectivity index (χ0v) is 6.84. The van der Waals surface area contributed by atoms with Crippen LogP contribution >= 0.6 is 0 Å². The lowest BCUT2D eigenvalue weighted by Gasteiger charge is -1.92. The number of nitrogens with zero attached hydrogens (tertiary/aromatic N) is 2. The van der Waals surface area contributed by atoms with Gasteiger partial charge in [0, 0.05) is 13.3 Å². The molecule has 0 bridgehead atoms. The van der Waals surface area contributed by atoms with Crippen molar-refractivity contribution in [2.24, 2.45) is 7.05 Å². The van der Waals surface area contributed by atoms with Crippen molar-refractivity contribution in [2.75, 3.05) is 6.26 Å². The Labute approximate surface area is 62.8 Å². The molecule has 1 rings (SSSR count). The fourth-order valence-electron chi connectivity index (χ4n) is 0.664. The van der Waals surface area contributed by atoms with Gasteiger partial charge in [0.2, 0.25) is 15.0 Å². The van der Waals surface area contributed by atoms with Gasteiger partial charge in [-0.15, -0.1) is 5.10 Å². The predicted octanol–water partition coefficient (Wildman–Crippen LogP) is -1.49. The summed E-state index contributed by atoms with van der Waals surface area (Å²) in [4.78, 5) is 10.7. The topological polar surface area (TPSA) is 84.8 Å². The zero-order chi connectivity index (χ0) is 8.65. The summed E-state index contributed by atoms with van der Waals surface area (Å²) in [6, 6.07) is 0. The lowest BCUT2D eigenvalue weighted by atomic mass is 11.1. The van der Waals surface area contributed by atoms with Crippen LogP contribution in [0.25, 0.3) is 0 Å². The molecule has 1 N–H and O–H groups in total. The second kappa shape index (κ2) is 2.19. The summed E-state index contributed by atoms with van der Waals surface area (Å²) < 4.78 is 22.6. The lowest BCUT2D eigenvalue weighted by molar-refractivity contribution is 0.583. The van der Waals surface area contributed by atoms with Gasteiger partial charge in [-0.3, -0.25) is 4.57 Å². The number of sulfone groups is 1. The summed E-state index contributed by atoms with van der Waals surface area (Å²) in [6.07, 6.45) is 0.989. The van der Waals surface area contributed by atoms with Crippen molar-refractivity contribution in [1.82, 2.24) is 14.8 Å². The van der Waals surface area contributed by atoms with Gasteiger partial charge in [0.05, 0.1) is 0 Å². The Morgan fingerprint density at radius 3 is 2.27 bits per heavy atom. The Morgan fingerprint density at radius 2 is 2.09 bits per heavy atom. The maximum atomic E-state index is 10.8. The molecule has 0 fully saturated rings. The number of rotatable bonds is 1. The zero-order valence-electron chi connectivity index (χ0n) is 6.03. The molecule has 11 heavy (non-hydrogen) atoms. The van der Waals surface area contributed by atoms with Crippen LogP contribution in [0.3, 0.4) is 0 Å². The van der Waals surface area contributed by atoms with E-state index in [1.807, 2.05) is 5.10 Å². The van der Waals surface area contributed by atoms with Crippen molar-refractivity contribution < 1.29 is 8.42 Å². The second-order valence-electron chi connectivity index (χ2n) is 2.14. The first kappa shape index (κ1) is 7.99. The molecule has 1 heterocycles. The molecule has 0 saturated carbocycles. The molecular formula is C4H7N3O3S. The van der Waals surface area contributed by atoms with Crippen molar-refractivity contribution in [2.45, 2.75) is 5.16 Å². The third-order valence-electron chi connectivity index (χ3n) is 1.17. The normalized spacial score (nSPS) is 11.8. The van der Waals surface area contributed by atoms with Gasteiger partial charge in [0.1, 0.15) is 0 Å². The molecule has 0 radical (unpaired) electrons. The molecule has 0 aliphatic rings. The quantitative estimate of drug-likeness (QED) is 0.566. The Hall–Kier alpha value is -1.11. The third-order valence-corrected chi connectivity index (χ3v) is 2.20. The Balaban J connectivity index is 3.51. The maximum Gasteiger partial charge on any atom is 0.343 e. The molecule has 0 atom stereocenters. The smallest absolute Gasteiger partial charge is 0.269 e. The van der Waals surface area contributed by atoms with Crippen LogP contribution in [-0.4, -0.2) is 29.4 Å². The van der Waals surface area contributed by atoms with Crippen LogP contribution in [0.1, 0.15) is 0 Å². The largest absolute Gasteiger partial charge is 0.343 e. The summed E-state index contributed by atoms with van der Waals surface area (Å²) in [5.74, 6) is 0. The average Bonchev–Trinajstić information content (AvgIpc) is 2.11. The van der Waals surface area contributed by atoms with E-state index < -0.39 is 15.5 Å². The van der Waals surface area contributed by atoms with E-state index in [1.165, 1.54) is 7.05 Å². The van der Waals surface area contributed by atoms with Gasteiger partial charge in [-0.25, -0.2) is 18.3 Å². The highest BCUT2D eigenvalue weighted by Gasteiger charge is 2.14. The van der Waals surface area contributed by atoms with E-state index >= 15 is 0 Å². The summed E-state index contributed by atoms with van der Waals surface area (Å²) in [5.41, 5.74) is -0.537. The van der Waals surface area contributed by atoms with Crippen LogP contribution in [0, 0.1) is 0 Å². The number of hydrogen-bond acceptors (Lipinski definition) is 4. The van der Waals surface area contributed by atoms with Gasteiger partial charge >= 0.3 is 5.69 Å². The minimum Gasteiger partial charge on any atom is -0.269 e. The standard InChI is InChI=1S/C4H7N3O3S/c1-7-3(8)5-6-4(7)11(2,9)10/h1-2H3,(H,5,8). The van der Waals surface area contributed by atoms with Crippen molar-refractivity contribution in [3.8, 4) is 0 Å². The minimum atomic E-state index is -3.39. The van der Waals surface area contributed by atoms with E-state index in [2.05, 4.69) is 5.10 Å².